The Kier molecular flexibility index (Phi) is 2.29. The molecule has 0 radical (unpaired) electrons. The Hall–Kier alpha value is -2.15. The molecule has 1 atom stereocenters. The van der Waals surface area contributed by atoms with Crippen LogP contribution in [0.3, 0.4) is 0 Å². The lowest BCUT2D eigenvalue weighted by atomic mass is 9.68. The third-order valence-corrected chi connectivity index (χ3v) is 5.18. The summed E-state index contributed by atoms with van der Waals surface area (Å²) in [6.07, 6.45) is 3.38. The van der Waals surface area contributed by atoms with Gasteiger partial charge in [-0.15, -0.1) is 0 Å². The summed E-state index contributed by atoms with van der Waals surface area (Å²) in [7, 11) is 0. The van der Waals surface area contributed by atoms with E-state index in [1.165, 1.54) is 28.8 Å². The van der Waals surface area contributed by atoms with Gasteiger partial charge in [-0.3, -0.25) is 4.99 Å². The zero-order valence-corrected chi connectivity index (χ0v) is 12.0. The molecule has 0 aromatic heterocycles. The molecule has 102 valence electrons. The molecule has 0 fully saturated rings. The fourth-order valence-electron chi connectivity index (χ4n) is 4.31. The predicted octanol–water partition coefficient (Wildman–Crippen LogP) is 4.07. The zero-order valence-electron chi connectivity index (χ0n) is 12.0. The summed E-state index contributed by atoms with van der Waals surface area (Å²) >= 11 is 0. The predicted molar refractivity (Wildman–Crippen MR) is 86.1 cm³/mol. The number of fused-ring (bicyclic) bond motifs is 4. The second kappa shape index (κ2) is 4.17. The van der Waals surface area contributed by atoms with Gasteiger partial charge in [0.1, 0.15) is 0 Å². The van der Waals surface area contributed by atoms with Gasteiger partial charge in [0.15, 0.2) is 0 Å². The van der Waals surface area contributed by atoms with Crippen molar-refractivity contribution in [1.82, 2.24) is 0 Å². The normalized spacial score (nSPS) is 22.1. The molecule has 1 heterocycles. The highest BCUT2D eigenvalue weighted by Crippen LogP contribution is 2.45. The van der Waals surface area contributed by atoms with Crippen LogP contribution in [0.2, 0.25) is 0 Å². The molecule has 2 aromatic carbocycles. The second-order valence-electron chi connectivity index (χ2n) is 6.30. The Balaban J connectivity index is 1.75. The Morgan fingerprint density at radius 3 is 2.57 bits per heavy atom. The smallest absolute Gasteiger partial charge is 0.0687 e. The van der Waals surface area contributed by atoms with Gasteiger partial charge in [0.2, 0.25) is 0 Å². The summed E-state index contributed by atoms with van der Waals surface area (Å²) in [5.41, 5.74) is 10.4. The molecule has 5 rings (SSSR count). The van der Waals surface area contributed by atoms with Gasteiger partial charge in [-0.05, 0) is 41.5 Å². The van der Waals surface area contributed by atoms with Crippen molar-refractivity contribution in [1.29, 1.82) is 0 Å². The highest BCUT2D eigenvalue weighted by molar-refractivity contribution is 6.16. The van der Waals surface area contributed by atoms with E-state index in [2.05, 4.69) is 48.5 Å². The summed E-state index contributed by atoms with van der Waals surface area (Å²) in [5.74, 6) is 0.575. The maximum atomic E-state index is 4.91. The first-order valence-corrected chi connectivity index (χ1v) is 7.84. The van der Waals surface area contributed by atoms with E-state index in [1.54, 1.807) is 16.7 Å². The standard InChI is InChI=1S/C20H17N/c1-3-7-16-13(5-1)11-15-12-14-6-2-4-8-17(14)20-19(15)18(16)9-10-21-20/h1-8,18H,9-12H2/t18-/m0/s1. The minimum absolute atomic E-state index is 0.575. The van der Waals surface area contributed by atoms with Gasteiger partial charge < -0.3 is 0 Å². The molecule has 0 N–H and O–H groups in total. The van der Waals surface area contributed by atoms with E-state index in [0.29, 0.717) is 5.92 Å². The van der Waals surface area contributed by atoms with Crippen molar-refractivity contribution in [3.8, 4) is 0 Å². The summed E-state index contributed by atoms with van der Waals surface area (Å²) in [6, 6.07) is 17.8. The molecular formula is C20H17N. The van der Waals surface area contributed by atoms with Crippen molar-refractivity contribution in [3.05, 3.63) is 81.9 Å². The summed E-state index contributed by atoms with van der Waals surface area (Å²) in [4.78, 5) is 4.91. The molecule has 3 aliphatic rings. The van der Waals surface area contributed by atoms with E-state index < -0.39 is 0 Å². The van der Waals surface area contributed by atoms with Crippen molar-refractivity contribution in [2.75, 3.05) is 6.54 Å². The third-order valence-electron chi connectivity index (χ3n) is 5.18. The second-order valence-corrected chi connectivity index (χ2v) is 6.30. The molecule has 1 aliphatic heterocycles. The Bertz CT molecular complexity index is 806. The van der Waals surface area contributed by atoms with Crippen LogP contribution in [0.1, 0.15) is 34.6 Å². The molecule has 2 aromatic rings. The van der Waals surface area contributed by atoms with E-state index in [0.717, 1.165) is 19.4 Å². The van der Waals surface area contributed by atoms with Gasteiger partial charge in [-0.2, -0.15) is 0 Å². The van der Waals surface area contributed by atoms with Crippen molar-refractivity contribution in [2.45, 2.75) is 25.2 Å². The van der Waals surface area contributed by atoms with Gasteiger partial charge in [0, 0.05) is 18.0 Å². The van der Waals surface area contributed by atoms with Crippen LogP contribution in [0.25, 0.3) is 0 Å². The number of benzene rings is 2. The first kappa shape index (κ1) is 11.5. The van der Waals surface area contributed by atoms with Crippen molar-refractivity contribution in [2.24, 2.45) is 4.99 Å². The monoisotopic (exact) mass is 271 g/mol. The quantitative estimate of drug-likeness (QED) is 0.685. The lowest BCUT2D eigenvalue weighted by molar-refractivity contribution is 0.672. The Labute approximate surface area is 125 Å². The zero-order chi connectivity index (χ0) is 13.8. The highest BCUT2D eigenvalue weighted by atomic mass is 14.8. The molecule has 0 saturated carbocycles. The van der Waals surface area contributed by atoms with E-state index in [-0.39, 0.29) is 0 Å². The summed E-state index contributed by atoms with van der Waals surface area (Å²) in [5, 5.41) is 0. The number of allylic oxidation sites excluding steroid dienone is 2. The molecular weight excluding hydrogens is 254 g/mol. The first-order chi connectivity index (χ1) is 10.4. The van der Waals surface area contributed by atoms with E-state index in [1.807, 2.05) is 0 Å². The first-order valence-electron chi connectivity index (χ1n) is 7.84. The van der Waals surface area contributed by atoms with Crippen LogP contribution < -0.4 is 0 Å². The average Bonchev–Trinajstić information content (AvgIpc) is 2.55. The molecule has 0 bridgehead atoms. The van der Waals surface area contributed by atoms with Crippen molar-refractivity contribution < 1.29 is 0 Å². The highest BCUT2D eigenvalue weighted by Gasteiger charge is 2.36. The molecule has 1 nitrogen and oxygen atoms in total. The molecule has 0 saturated heterocycles. The van der Waals surface area contributed by atoms with Crippen LogP contribution in [0, 0.1) is 0 Å². The van der Waals surface area contributed by atoms with Gasteiger partial charge in [0.25, 0.3) is 0 Å². The molecule has 2 aliphatic carbocycles. The lowest BCUT2D eigenvalue weighted by Crippen LogP contribution is -2.30. The number of aliphatic imine (C=N–C) groups is 1. The average molecular weight is 271 g/mol. The van der Waals surface area contributed by atoms with Crippen LogP contribution >= 0.6 is 0 Å². The molecule has 1 heteroatoms. The molecule has 0 spiro atoms. The topological polar surface area (TPSA) is 12.4 Å². The number of hydrogen-bond acceptors (Lipinski definition) is 1. The number of nitrogens with zero attached hydrogens (tertiary/aromatic N) is 1. The van der Waals surface area contributed by atoms with Gasteiger partial charge in [-0.25, -0.2) is 0 Å². The summed E-state index contributed by atoms with van der Waals surface area (Å²) < 4.78 is 0. The fourth-order valence-corrected chi connectivity index (χ4v) is 4.31. The van der Waals surface area contributed by atoms with Gasteiger partial charge in [-0.1, -0.05) is 54.1 Å². The van der Waals surface area contributed by atoms with Gasteiger partial charge in [0.05, 0.1) is 5.71 Å². The maximum Gasteiger partial charge on any atom is 0.0687 e. The van der Waals surface area contributed by atoms with E-state index in [4.69, 9.17) is 4.99 Å². The van der Waals surface area contributed by atoms with E-state index in [9.17, 15) is 0 Å². The van der Waals surface area contributed by atoms with Gasteiger partial charge >= 0.3 is 0 Å². The Morgan fingerprint density at radius 2 is 1.62 bits per heavy atom. The molecule has 0 amide bonds. The van der Waals surface area contributed by atoms with Crippen LogP contribution in [0.5, 0.6) is 0 Å². The molecule has 0 unspecified atom stereocenters. The maximum absolute atomic E-state index is 4.91. The largest absolute Gasteiger partial charge is 0.284 e. The minimum atomic E-state index is 0.575. The van der Waals surface area contributed by atoms with Crippen LogP contribution in [-0.2, 0) is 12.8 Å². The van der Waals surface area contributed by atoms with Crippen LogP contribution in [-0.4, -0.2) is 12.3 Å². The molecule has 21 heavy (non-hydrogen) atoms. The summed E-state index contributed by atoms with van der Waals surface area (Å²) in [6.45, 7) is 0.958. The van der Waals surface area contributed by atoms with Crippen LogP contribution in [0.4, 0.5) is 0 Å². The lowest BCUT2D eigenvalue weighted by Gasteiger charge is -2.37. The van der Waals surface area contributed by atoms with E-state index >= 15 is 0 Å². The third kappa shape index (κ3) is 1.55. The number of hydrogen-bond donors (Lipinski definition) is 0. The minimum Gasteiger partial charge on any atom is -0.284 e. The van der Waals surface area contributed by atoms with Crippen molar-refractivity contribution >= 4 is 5.71 Å². The Morgan fingerprint density at radius 1 is 0.857 bits per heavy atom. The number of rotatable bonds is 0. The van der Waals surface area contributed by atoms with Crippen LogP contribution in [0.15, 0.2) is 64.7 Å². The SMILES string of the molecule is c1ccc2c(c1)CC1=C3C2=NCC[C@H]3c2ccccc2C1. The van der Waals surface area contributed by atoms with Crippen molar-refractivity contribution in [3.63, 3.8) is 0 Å². The fraction of sp³-hybridized carbons (Fsp3) is 0.250.